The summed E-state index contributed by atoms with van der Waals surface area (Å²) >= 11 is 0. The van der Waals surface area contributed by atoms with Gasteiger partial charge in [0.2, 0.25) is 6.79 Å². The predicted molar refractivity (Wildman–Crippen MR) is 135 cm³/mol. The molecule has 0 radical (unpaired) electrons. The maximum atomic E-state index is 13.4. The monoisotopic (exact) mass is 473 g/mol. The standard InChI is InChI=1S/C29H29NO5.H2/c1-19-3-4-20(15-24(19)21-5-7-22(8-6-21)28(33)30-13-2-14-31)16-27(32)29(11-12-29)23-9-10-25-26(17-23)35-18-34-25;/h3-10,15,17,31H,2,11-14,16,18H2,1H3,(H,30,33);1H. The summed E-state index contributed by atoms with van der Waals surface area (Å²) in [5, 5.41) is 11.7. The van der Waals surface area contributed by atoms with Crippen molar-refractivity contribution in [2.45, 2.75) is 38.0 Å². The maximum absolute atomic E-state index is 13.4. The number of ketones is 1. The van der Waals surface area contributed by atoms with Gasteiger partial charge >= 0.3 is 0 Å². The number of amides is 1. The van der Waals surface area contributed by atoms with Crippen LogP contribution in [-0.2, 0) is 16.6 Å². The topological polar surface area (TPSA) is 84.9 Å². The van der Waals surface area contributed by atoms with Gasteiger partial charge in [-0.2, -0.15) is 0 Å². The van der Waals surface area contributed by atoms with Crippen molar-refractivity contribution in [3.05, 3.63) is 82.9 Å². The van der Waals surface area contributed by atoms with Crippen LogP contribution in [0.4, 0.5) is 0 Å². The number of carbonyl (C=O) groups excluding carboxylic acids is 2. The van der Waals surface area contributed by atoms with Crippen molar-refractivity contribution >= 4 is 11.7 Å². The fraction of sp³-hybridized carbons (Fsp3) is 0.310. The SMILES string of the molecule is Cc1ccc(CC(=O)C2(c3ccc4c(c3)OCO4)CC2)cc1-c1ccc(C(=O)NCCCO)cc1.[HH]. The summed E-state index contributed by atoms with van der Waals surface area (Å²) in [4.78, 5) is 25.7. The Morgan fingerprint density at radius 1 is 1.00 bits per heavy atom. The lowest BCUT2D eigenvalue weighted by Gasteiger charge is -2.16. The van der Waals surface area contributed by atoms with E-state index in [1.54, 1.807) is 12.1 Å². The van der Waals surface area contributed by atoms with E-state index in [1.165, 1.54) is 0 Å². The number of aryl methyl sites for hydroxylation is 1. The first-order valence-electron chi connectivity index (χ1n) is 12.0. The van der Waals surface area contributed by atoms with Crippen molar-refractivity contribution in [2.75, 3.05) is 19.9 Å². The minimum atomic E-state index is -0.433. The Hall–Kier alpha value is -3.64. The molecule has 1 heterocycles. The summed E-state index contributed by atoms with van der Waals surface area (Å²) in [6.45, 7) is 2.77. The second kappa shape index (κ2) is 9.55. The Morgan fingerprint density at radius 2 is 1.77 bits per heavy atom. The van der Waals surface area contributed by atoms with E-state index in [4.69, 9.17) is 14.6 Å². The second-order valence-electron chi connectivity index (χ2n) is 9.31. The highest BCUT2D eigenvalue weighted by atomic mass is 16.7. The third-order valence-corrected chi connectivity index (χ3v) is 6.95. The zero-order valence-electron chi connectivity index (χ0n) is 19.8. The summed E-state index contributed by atoms with van der Waals surface area (Å²) in [6, 6.07) is 19.5. The van der Waals surface area contributed by atoms with Gasteiger partial charge in [-0.05, 0) is 78.3 Å². The summed E-state index contributed by atoms with van der Waals surface area (Å²) in [6.07, 6.45) is 2.61. The zero-order valence-corrected chi connectivity index (χ0v) is 19.8. The molecule has 0 atom stereocenters. The van der Waals surface area contributed by atoms with Crippen molar-refractivity contribution in [3.8, 4) is 22.6 Å². The third-order valence-electron chi connectivity index (χ3n) is 6.95. The normalized spacial score (nSPS) is 15.0. The Bertz CT molecular complexity index is 1270. The molecule has 0 unspecified atom stereocenters. The Morgan fingerprint density at radius 3 is 2.51 bits per heavy atom. The molecule has 2 N–H and O–H groups in total. The molecule has 1 aliphatic carbocycles. The lowest BCUT2D eigenvalue weighted by molar-refractivity contribution is -0.120. The van der Waals surface area contributed by atoms with Crippen LogP contribution in [0.25, 0.3) is 11.1 Å². The van der Waals surface area contributed by atoms with E-state index >= 15 is 0 Å². The molecule has 182 valence electrons. The Labute approximate surface area is 206 Å². The van der Waals surface area contributed by atoms with Gasteiger partial charge in [0.15, 0.2) is 11.5 Å². The Kier molecular flexibility index (Phi) is 6.31. The van der Waals surface area contributed by atoms with Gasteiger partial charge < -0.3 is 19.9 Å². The lowest BCUT2D eigenvalue weighted by Crippen LogP contribution is -2.24. The van der Waals surface area contributed by atoms with Crippen molar-refractivity contribution in [3.63, 3.8) is 0 Å². The zero-order chi connectivity index (χ0) is 24.4. The third kappa shape index (κ3) is 4.66. The summed E-state index contributed by atoms with van der Waals surface area (Å²) < 4.78 is 10.9. The number of benzene rings is 3. The quantitative estimate of drug-likeness (QED) is 0.444. The van der Waals surface area contributed by atoms with Crippen LogP contribution in [-0.4, -0.2) is 36.7 Å². The first-order chi connectivity index (χ1) is 17.0. The summed E-state index contributed by atoms with van der Waals surface area (Å²) in [7, 11) is 0. The number of aliphatic hydroxyl groups excluding tert-OH is 1. The number of Topliss-reactive ketones (excluding diaryl/α,β-unsaturated/α-hetero) is 1. The van der Waals surface area contributed by atoms with E-state index in [-0.39, 0.29) is 26.5 Å². The smallest absolute Gasteiger partial charge is 0.251 e. The molecule has 0 saturated heterocycles. The number of aliphatic hydroxyl groups is 1. The first kappa shape index (κ1) is 23.1. The molecule has 5 rings (SSSR count). The van der Waals surface area contributed by atoms with E-state index in [9.17, 15) is 9.59 Å². The average molecular weight is 474 g/mol. The van der Waals surface area contributed by atoms with E-state index < -0.39 is 5.41 Å². The van der Waals surface area contributed by atoms with Crippen LogP contribution in [0.3, 0.4) is 0 Å². The molecular weight excluding hydrogens is 442 g/mol. The van der Waals surface area contributed by atoms with Crippen LogP contribution < -0.4 is 14.8 Å². The number of carbonyl (C=O) groups is 2. The molecule has 0 spiro atoms. The molecule has 35 heavy (non-hydrogen) atoms. The summed E-state index contributed by atoms with van der Waals surface area (Å²) in [5.74, 6) is 1.51. The van der Waals surface area contributed by atoms with Gasteiger partial charge in [-0.3, -0.25) is 9.59 Å². The molecule has 2 aliphatic rings. The van der Waals surface area contributed by atoms with E-state index in [2.05, 4.69) is 11.4 Å². The molecule has 3 aromatic rings. The first-order valence-corrected chi connectivity index (χ1v) is 12.0. The minimum Gasteiger partial charge on any atom is -0.454 e. The fourth-order valence-electron chi connectivity index (χ4n) is 4.68. The minimum absolute atomic E-state index is 0. The molecule has 1 aliphatic heterocycles. The van der Waals surface area contributed by atoms with E-state index in [1.807, 2.05) is 49.4 Å². The average Bonchev–Trinajstić information content (AvgIpc) is 3.56. The molecule has 6 nitrogen and oxygen atoms in total. The van der Waals surface area contributed by atoms with Crippen LogP contribution in [0, 0.1) is 6.92 Å². The second-order valence-corrected chi connectivity index (χ2v) is 9.31. The van der Waals surface area contributed by atoms with Gasteiger partial charge in [-0.15, -0.1) is 0 Å². The fourth-order valence-corrected chi connectivity index (χ4v) is 4.68. The van der Waals surface area contributed by atoms with Crippen molar-refractivity contribution in [1.29, 1.82) is 0 Å². The van der Waals surface area contributed by atoms with E-state index in [0.717, 1.165) is 46.4 Å². The largest absolute Gasteiger partial charge is 0.454 e. The van der Waals surface area contributed by atoms with Crippen LogP contribution >= 0.6 is 0 Å². The van der Waals surface area contributed by atoms with Gasteiger partial charge in [-0.1, -0.05) is 36.4 Å². The molecule has 1 saturated carbocycles. The molecule has 6 heteroatoms. The van der Waals surface area contributed by atoms with Crippen molar-refractivity contribution in [2.24, 2.45) is 0 Å². The van der Waals surface area contributed by atoms with E-state index in [0.29, 0.717) is 30.7 Å². The highest BCUT2D eigenvalue weighted by Gasteiger charge is 2.50. The van der Waals surface area contributed by atoms with Crippen LogP contribution in [0.1, 0.15) is 47.7 Å². The molecule has 1 amide bonds. The van der Waals surface area contributed by atoms with Crippen LogP contribution in [0.15, 0.2) is 60.7 Å². The number of fused-ring (bicyclic) bond motifs is 1. The summed E-state index contributed by atoms with van der Waals surface area (Å²) in [5.41, 5.74) is 5.29. The number of rotatable bonds is 9. The molecule has 0 bridgehead atoms. The van der Waals surface area contributed by atoms with Gasteiger partial charge in [0.25, 0.3) is 5.91 Å². The van der Waals surface area contributed by atoms with Crippen molar-refractivity contribution < 1.29 is 25.6 Å². The lowest BCUT2D eigenvalue weighted by atomic mass is 9.87. The molecular formula is C29H31NO5. The van der Waals surface area contributed by atoms with Crippen LogP contribution in [0.2, 0.25) is 0 Å². The van der Waals surface area contributed by atoms with Crippen LogP contribution in [0.5, 0.6) is 11.5 Å². The van der Waals surface area contributed by atoms with Gasteiger partial charge in [-0.25, -0.2) is 0 Å². The number of hydrogen-bond donors (Lipinski definition) is 2. The highest BCUT2D eigenvalue weighted by Crippen LogP contribution is 2.51. The highest BCUT2D eigenvalue weighted by molar-refractivity contribution is 5.95. The van der Waals surface area contributed by atoms with Gasteiger partial charge in [0, 0.05) is 26.6 Å². The number of hydrogen-bond acceptors (Lipinski definition) is 5. The maximum Gasteiger partial charge on any atom is 0.251 e. The van der Waals surface area contributed by atoms with Crippen molar-refractivity contribution in [1.82, 2.24) is 5.32 Å². The number of nitrogens with one attached hydrogen (secondary N) is 1. The van der Waals surface area contributed by atoms with Gasteiger partial charge in [0.1, 0.15) is 5.78 Å². The number of ether oxygens (including phenoxy) is 2. The molecule has 3 aromatic carbocycles. The predicted octanol–water partition coefficient (Wildman–Crippen LogP) is 4.59. The Balaban J connectivity index is 0.00000304. The molecule has 1 fully saturated rings. The van der Waals surface area contributed by atoms with Gasteiger partial charge in [0.05, 0.1) is 5.41 Å². The molecule has 0 aromatic heterocycles.